The molecular formula is C58H41N. The molecule has 0 amide bonds. The molecule has 0 saturated carbocycles. The Kier molecular flexibility index (Phi) is 7.54. The highest BCUT2D eigenvalue weighted by Crippen LogP contribution is 2.40. The van der Waals surface area contributed by atoms with Crippen molar-refractivity contribution in [1.29, 1.82) is 0 Å². The molecular weight excluding hydrogens is 711 g/mol. The number of anilines is 3. The Bertz CT molecular complexity index is 3380. The van der Waals surface area contributed by atoms with E-state index in [1.54, 1.807) is 12.1 Å². The Balaban J connectivity index is 1.21. The van der Waals surface area contributed by atoms with Gasteiger partial charge >= 0.3 is 0 Å². The van der Waals surface area contributed by atoms with Crippen molar-refractivity contribution in [2.75, 3.05) is 4.90 Å². The second kappa shape index (κ2) is 16.0. The lowest BCUT2D eigenvalue weighted by atomic mass is 9.93. The van der Waals surface area contributed by atoms with E-state index in [9.17, 15) is 11.0 Å². The maximum absolute atomic E-state index is 9.79. The highest BCUT2D eigenvalue weighted by Gasteiger charge is 2.16. The first-order chi connectivity index (χ1) is 32.6. The molecule has 59 heavy (non-hydrogen) atoms. The Labute approximate surface area is 358 Å². The molecule has 0 saturated heterocycles. The minimum Gasteiger partial charge on any atom is -0.310 e. The predicted molar refractivity (Wildman–Crippen MR) is 251 cm³/mol. The van der Waals surface area contributed by atoms with Gasteiger partial charge in [0.25, 0.3) is 0 Å². The molecule has 1 nitrogen and oxygen atoms in total. The summed E-state index contributed by atoms with van der Waals surface area (Å²) in [5, 5.41) is 2.01. The monoisotopic (exact) mass is 759 g/mol. The fourth-order valence-electron chi connectivity index (χ4n) is 7.64. The number of rotatable bonds is 9. The van der Waals surface area contributed by atoms with Crippen LogP contribution in [0.2, 0.25) is 0 Å². The third-order valence-corrected chi connectivity index (χ3v) is 10.6. The molecule has 0 aliphatic heterocycles. The van der Waals surface area contributed by atoms with Crippen LogP contribution in [0.5, 0.6) is 0 Å². The van der Waals surface area contributed by atoms with Crippen molar-refractivity contribution in [3.8, 4) is 66.8 Å². The van der Waals surface area contributed by atoms with Gasteiger partial charge in [0.05, 0.1) is 11.0 Å². The van der Waals surface area contributed by atoms with Gasteiger partial charge in [-0.25, -0.2) is 0 Å². The molecule has 0 aliphatic rings. The van der Waals surface area contributed by atoms with Crippen LogP contribution in [0.1, 0.15) is 11.0 Å². The SMILES string of the molecule is [2H]c1c([2H])c(N(c2cccc(-c3cccc4ccccc34)c2)c2c([2H])c([2H])c(-c3cc(-c4ccccc4)cc(-c4ccccc4)c3)c([2H])c2[2H])c([2H])c([2H])c1-c1cccc(-c2ccccc2)c1. The summed E-state index contributed by atoms with van der Waals surface area (Å²) in [6.45, 7) is 0. The smallest absolute Gasteiger partial charge is 0.0645 e. The van der Waals surface area contributed by atoms with Crippen molar-refractivity contribution >= 4 is 27.8 Å². The topological polar surface area (TPSA) is 3.24 Å². The minimum atomic E-state index is -0.408. The van der Waals surface area contributed by atoms with E-state index < -0.39 is 24.2 Å². The van der Waals surface area contributed by atoms with Crippen LogP contribution < -0.4 is 4.90 Å². The Morgan fingerprint density at radius 3 is 1.24 bits per heavy atom. The highest BCUT2D eigenvalue weighted by atomic mass is 15.1. The summed E-state index contributed by atoms with van der Waals surface area (Å²) in [6.07, 6.45) is 0. The molecule has 0 aliphatic carbocycles. The van der Waals surface area contributed by atoms with Gasteiger partial charge in [0.1, 0.15) is 0 Å². The van der Waals surface area contributed by atoms with Gasteiger partial charge in [-0.1, -0.05) is 188 Å². The first kappa shape index (κ1) is 27.8. The van der Waals surface area contributed by atoms with Crippen molar-refractivity contribution in [1.82, 2.24) is 0 Å². The van der Waals surface area contributed by atoms with Crippen molar-refractivity contribution in [2.24, 2.45) is 0 Å². The van der Waals surface area contributed by atoms with E-state index in [-0.39, 0.29) is 46.7 Å². The van der Waals surface area contributed by atoms with Crippen LogP contribution in [0.4, 0.5) is 17.1 Å². The summed E-state index contributed by atoms with van der Waals surface area (Å²) in [6, 6.07) is 60.9. The molecule has 10 rings (SSSR count). The van der Waals surface area contributed by atoms with E-state index >= 15 is 0 Å². The maximum atomic E-state index is 9.79. The number of hydrogen-bond acceptors (Lipinski definition) is 1. The quantitative estimate of drug-likeness (QED) is 0.142. The Hall–Kier alpha value is -7.74. The van der Waals surface area contributed by atoms with Crippen LogP contribution in [-0.4, -0.2) is 0 Å². The molecule has 0 aromatic heterocycles. The lowest BCUT2D eigenvalue weighted by Crippen LogP contribution is -2.10. The molecule has 0 bridgehead atoms. The molecule has 0 spiro atoms. The van der Waals surface area contributed by atoms with E-state index in [1.807, 2.05) is 188 Å². The van der Waals surface area contributed by atoms with Crippen molar-refractivity contribution in [3.05, 3.63) is 249 Å². The van der Waals surface area contributed by atoms with Crippen LogP contribution in [-0.2, 0) is 0 Å². The second-order valence-corrected chi connectivity index (χ2v) is 14.3. The highest BCUT2D eigenvalue weighted by molar-refractivity contribution is 5.97. The standard InChI is InChI=1S/C58H41N/c1-4-15-42(16-5-1)48-23-12-24-49(37-48)45-29-33-54(34-30-45)59(56-26-13-25-50(41-56)58-28-14-22-47-21-10-11-27-57(47)58)55-35-31-46(32-36-55)53-39-51(43-17-6-2-7-18-43)38-52(40-53)44-19-8-3-9-20-44/h1-41H/i29D,30D,31D,32D,33D,34D,35D,36D. The number of nitrogens with zero attached hydrogens (tertiary/aromatic N) is 1. The van der Waals surface area contributed by atoms with E-state index in [0.29, 0.717) is 16.8 Å². The second-order valence-electron chi connectivity index (χ2n) is 14.3. The van der Waals surface area contributed by atoms with Crippen LogP contribution in [0.15, 0.2) is 249 Å². The summed E-state index contributed by atoms with van der Waals surface area (Å²) >= 11 is 0. The fourth-order valence-corrected chi connectivity index (χ4v) is 7.64. The van der Waals surface area contributed by atoms with Crippen molar-refractivity contribution in [3.63, 3.8) is 0 Å². The molecule has 10 aromatic rings. The van der Waals surface area contributed by atoms with Gasteiger partial charge in [0, 0.05) is 17.1 Å². The summed E-state index contributed by atoms with van der Waals surface area (Å²) in [4.78, 5) is 1.37. The molecule has 1 heteroatoms. The summed E-state index contributed by atoms with van der Waals surface area (Å²) in [7, 11) is 0. The van der Waals surface area contributed by atoms with Crippen LogP contribution in [0.25, 0.3) is 77.5 Å². The Morgan fingerprint density at radius 2 is 0.644 bits per heavy atom. The predicted octanol–water partition coefficient (Wildman–Crippen LogP) is 16.3. The van der Waals surface area contributed by atoms with Gasteiger partial charge in [-0.2, -0.15) is 0 Å². The zero-order valence-corrected chi connectivity index (χ0v) is 32.0. The lowest BCUT2D eigenvalue weighted by molar-refractivity contribution is 1.28. The lowest BCUT2D eigenvalue weighted by Gasteiger charge is -2.26. The van der Waals surface area contributed by atoms with E-state index in [2.05, 4.69) is 0 Å². The molecule has 0 unspecified atom stereocenters. The van der Waals surface area contributed by atoms with Gasteiger partial charge in [-0.15, -0.1) is 0 Å². The molecule has 0 N–H and O–H groups in total. The van der Waals surface area contributed by atoms with Crippen LogP contribution in [0.3, 0.4) is 0 Å². The first-order valence-electron chi connectivity index (χ1n) is 23.6. The van der Waals surface area contributed by atoms with E-state index in [4.69, 9.17) is 0 Å². The first-order valence-corrected chi connectivity index (χ1v) is 19.6. The average molecular weight is 760 g/mol. The zero-order chi connectivity index (χ0) is 46.3. The molecule has 0 heterocycles. The third kappa shape index (κ3) is 7.46. The molecule has 0 fully saturated rings. The van der Waals surface area contributed by atoms with Gasteiger partial charge in [0.2, 0.25) is 0 Å². The average Bonchev–Trinajstić information content (AvgIpc) is 3.38. The third-order valence-electron chi connectivity index (χ3n) is 10.6. The minimum absolute atomic E-state index is 0.0892. The van der Waals surface area contributed by atoms with Gasteiger partial charge < -0.3 is 4.90 Å². The van der Waals surface area contributed by atoms with Crippen molar-refractivity contribution < 1.29 is 11.0 Å². The molecule has 10 aromatic carbocycles. The number of hydrogen-bond donors (Lipinski definition) is 0. The molecule has 0 atom stereocenters. The van der Waals surface area contributed by atoms with E-state index in [0.717, 1.165) is 55.3 Å². The summed E-state index contributed by atoms with van der Waals surface area (Å²) in [5.74, 6) is 0. The van der Waals surface area contributed by atoms with E-state index in [1.165, 1.54) is 4.90 Å². The maximum Gasteiger partial charge on any atom is 0.0645 e. The Morgan fingerprint density at radius 1 is 0.254 bits per heavy atom. The summed E-state index contributed by atoms with van der Waals surface area (Å²) in [5.41, 5.74) is 8.04. The normalized spacial score (nSPS) is 12.9. The van der Waals surface area contributed by atoms with Gasteiger partial charge in [-0.05, 0) is 138 Å². The van der Waals surface area contributed by atoms with Gasteiger partial charge in [0.15, 0.2) is 0 Å². The largest absolute Gasteiger partial charge is 0.310 e. The number of fused-ring (bicyclic) bond motifs is 1. The molecule has 0 radical (unpaired) electrons. The fraction of sp³-hybridized carbons (Fsp3) is 0. The summed E-state index contributed by atoms with van der Waals surface area (Å²) < 4.78 is 77.3. The zero-order valence-electron chi connectivity index (χ0n) is 40.0. The van der Waals surface area contributed by atoms with Crippen LogP contribution in [0, 0.1) is 0 Å². The number of benzene rings is 10. The van der Waals surface area contributed by atoms with Crippen LogP contribution >= 0.6 is 0 Å². The molecule has 278 valence electrons. The van der Waals surface area contributed by atoms with Crippen molar-refractivity contribution in [2.45, 2.75) is 0 Å². The van der Waals surface area contributed by atoms with Gasteiger partial charge in [-0.3, -0.25) is 0 Å².